The Hall–Kier alpha value is -2.37. The van der Waals surface area contributed by atoms with Crippen molar-refractivity contribution in [3.05, 3.63) is 35.4 Å². The molecular formula is C17H22N2O4. The number of carbonyl (C=O) groups is 3. The molecule has 23 heavy (non-hydrogen) atoms. The second-order valence-electron chi connectivity index (χ2n) is 5.85. The number of nitrogens with one attached hydrogen (secondary N) is 1. The SMILES string of the molecule is Cc1ccc(CCC(=O)NCC(=O)N2CCC[C@@H]2C(=O)O)cc1. The summed E-state index contributed by atoms with van der Waals surface area (Å²) in [5, 5.41) is 11.6. The third-order valence-corrected chi connectivity index (χ3v) is 4.06. The third-order valence-electron chi connectivity index (χ3n) is 4.06. The molecule has 1 atom stereocenters. The van der Waals surface area contributed by atoms with Crippen LogP contribution in [0.3, 0.4) is 0 Å². The van der Waals surface area contributed by atoms with Gasteiger partial charge in [0, 0.05) is 13.0 Å². The Morgan fingerprint density at radius 1 is 1.26 bits per heavy atom. The molecule has 124 valence electrons. The molecule has 1 aromatic rings. The zero-order valence-electron chi connectivity index (χ0n) is 13.2. The predicted molar refractivity (Wildman–Crippen MR) is 84.9 cm³/mol. The largest absolute Gasteiger partial charge is 0.480 e. The van der Waals surface area contributed by atoms with Gasteiger partial charge in [0.15, 0.2) is 0 Å². The summed E-state index contributed by atoms with van der Waals surface area (Å²) in [4.78, 5) is 36.2. The standard InChI is InChI=1S/C17H22N2O4/c1-12-4-6-13(7-5-12)8-9-15(20)18-11-16(21)19-10-2-3-14(19)17(22)23/h4-7,14H,2-3,8-11H2,1H3,(H,18,20)(H,22,23)/t14-/m1/s1. The molecule has 6 nitrogen and oxygen atoms in total. The molecule has 2 amide bonds. The highest BCUT2D eigenvalue weighted by Gasteiger charge is 2.33. The molecular weight excluding hydrogens is 296 g/mol. The molecule has 2 N–H and O–H groups in total. The highest BCUT2D eigenvalue weighted by atomic mass is 16.4. The van der Waals surface area contributed by atoms with Crippen LogP contribution >= 0.6 is 0 Å². The second kappa shape index (κ2) is 7.76. The number of amides is 2. The van der Waals surface area contributed by atoms with Crippen LogP contribution in [0.25, 0.3) is 0 Å². The summed E-state index contributed by atoms with van der Waals surface area (Å²) >= 11 is 0. The van der Waals surface area contributed by atoms with Gasteiger partial charge in [-0.2, -0.15) is 0 Å². The van der Waals surface area contributed by atoms with Crippen molar-refractivity contribution in [3.63, 3.8) is 0 Å². The van der Waals surface area contributed by atoms with E-state index in [4.69, 9.17) is 5.11 Å². The van der Waals surface area contributed by atoms with Gasteiger partial charge in [-0.05, 0) is 31.7 Å². The van der Waals surface area contributed by atoms with Crippen molar-refractivity contribution in [2.24, 2.45) is 0 Å². The molecule has 2 rings (SSSR count). The monoisotopic (exact) mass is 318 g/mol. The van der Waals surface area contributed by atoms with E-state index in [1.165, 1.54) is 10.5 Å². The molecule has 0 aromatic heterocycles. The zero-order valence-corrected chi connectivity index (χ0v) is 13.2. The van der Waals surface area contributed by atoms with Gasteiger partial charge < -0.3 is 15.3 Å². The van der Waals surface area contributed by atoms with Gasteiger partial charge in [0.25, 0.3) is 0 Å². The van der Waals surface area contributed by atoms with Crippen LogP contribution in [0, 0.1) is 6.92 Å². The van der Waals surface area contributed by atoms with Gasteiger partial charge in [0.1, 0.15) is 6.04 Å². The number of rotatable bonds is 6. The molecule has 1 heterocycles. The average molecular weight is 318 g/mol. The van der Waals surface area contributed by atoms with E-state index in [2.05, 4.69) is 5.32 Å². The van der Waals surface area contributed by atoms with Crippen molar-refractivity contribution < 1.29 is 19.5 Å². The predicted octanol–water partition coefficient (Wildman–Crippen LogP) is 1.12. The van der Waals surface area contributed by atoms with E-state index in [1.54, 1.807) is 0 Å². The lowest BCUT2D eigenvalue weighted by atomic mass is 10.1. The van der Waals surface area contributed by atoms with Gasteiger partial charge in [-0.25, -0.2) is 4.79 Å². The molecule has 6 heteroatoms. The molecule has 1 aromatic carbocycles. The average Bonchev–Trinajstić information content (AvgIpc) is 3.02. The smallest absolute Gasteiger partial charge is 0.326 e. The summed E-state index contributed by atoms with van der Waals surface area (Å²) in [6, 6.07) is 7.20. The van der Waals surface area contributed by atoms with Crippen LogP contribution in [0.1, 0.15) is 30.4 Å². The molecule has 1 fully saturated rings. The molecule has 0 aliphatic carbocycles. The van der Waals surface area contributed by atoms with Crippen LogP contribution < -0.4 is 5.32 Å². The minimum absolute atomic E-state index is 0.142. The highest BCUT2D eigenvalue weighted by molar-refractivity contribution is 5.88. The summed E-state index contributed by atoms with van der Waals surface area (Å²) < 4.78 is 0. The first-order valence-electron chi connectivity index (χ1n) is 7.82. The molecule has 1 aliphatic rings. The van der Waals surface area contributed by atoms with Crippen LogP contribution in [0.15, 0.2) is 24.3 Å². The van der Waals surface area contributed by atoms with Crippen LogP contribution in [0.4, 0.5) is 0 Å². The number of aryl methyl sites for hydroxylation is 2. The van der Waals surface area contributed by atoms with Crippen molar-refractivity contribution in [2.75, 3.05) is 13.1 Å². The number of aliphatic carboxylic acids is 1. The number of benzene rings is 1. The van der Waals surface area contributed by atoms with Gasteiger partial charge in [0.05, 0.1) is 6.54 Å². The second-order valence-corrected chi connectivity index (χ2v) is 5.85. The molecule has 0 saturated carbocycles. The van der Waals surface area contributed by atoms with Gasteiger partial charge in [-0.15, -0.1) is 0 Å². The van der Waals surface area contributed by atoms with E-state index >= 15 is 0 Å². The zero-order chi connectivity index (χ0) is 16.8. The van der Waals surface area contributed by atoms with E-state index < -0.39 is 12.0 Å². The van der Waals surface area contributed by atoms with E-state index in [1.807, 2.05) is 31.2 Å². The van der Waals surface area contributed by atoms with Crippen molar-refractivity contribution in [1.29, 1.82) is 0 Å². The van der Waals surface area contributed by atoms with E-state index in [-0.39, 0.29) is 18.4 Å². The Morgan fingerprint density at radius 2 is 1.96 bits per heavy atom. The quantitative estimate of drug-likeness (QED) is 0.823. The van der Waals surface area contributed by atoms with Gasteiger partial charge in [0.2, 0.25) is 11.8 Å². The number of hydrogen-bond acceptors (Lipinski definition) is 3. The lowest BCUT2D eigenvalue weighted by Gasteiger charge is -2.21. The van der Waals surface area contributed by atoms with Crippen molar-refractivity contribution >= 4 is 17.8 Å². The fraction of sp³-hybridized carbons (Fsp3) is 0.471. The summed E-state index contributed by atoms with van der Waals surface area (Å²) in [6.07, 6.45) is 2.08. The Kier molecular flexibility index (Phi) is 5.73. The van der Waals surface area contributed by atoms with Crippen LogP contribution in [0.5, 0.6) is 0 Å². The first kappa shape index (κ1) is 17.0. The minimum Gasteiger partial charge on any atom is -0.480 e. The molecule has 1 saturated heterocycles. The van der Waals surface area contributed by atoms with Crippen LogP contribution in [0.2, 0.25) is 0 Å². The van der Waals surface area contributed by atoms with Crippen LogP contribution in [-0.2, 0) is 20.8 Å². The minimum atomic E-state index is -0.985. The first-order chi connectivity index (χ1) is 11.0. The number of carboxylic acids is 1. The van der Waals surface area contributed by atoms with Crippen LogP contribution in [-0.4, -0.2) is 46.9 Å². The topological polar surface area (TPSA) is 86.7 Å². The maximum Gasteiger partial charge on any atom is 0.326 e. The van der Waals surface area contributed by atoms with E-state index in [0.29, 0.717) is 32.2 Å². The molecule has 0 bridgehead atoms. The summed E-state index contributed by atoms with van der Waals surface area (Å²) in [6.45, 7) is 2.30. The maximum atomic E-state index is 12.0. The third kappa shape index (κ3) is 4.81. The number of likely N-dealkylation sites (tertiary alicyclic amines) is 1. The Labute approximate surface area is 135 Å². The number of hydrogen-bond donors (Lipinski definition) is 2. The molecule has 0 radical (unpaired) electrons. The van der Waals surface area contributed by atoms with E-state index in [9.17, 15) is 14.4 Å². The van der Waals surface area contributed by atoms with Crippen molar-refractivity contribution in [1.82, 2.24) is 10.2 Å². The lowest BCUT2D eigenvalue weighted by molar-refractivity contribution is -0.148. The maximum absolute atomic E-state index is 12.0. The summed E-state index contributed by atoms with van der Waals surface area (Å²) in [5.41, 5.74) is 2.24. The fourth-order valence-corrected chi connectivity index (χ4v) is 2.70. The van der Waals surface area contributed by atoms with Gasteiger partial charge >= 0.3 is 5.97 Å². The van der Waals surface area contributed by atoms with E-state index in [0.717, 1.165) is 5.56 Å². The van der Waals surface area contributed by atoms with Gasteiger partial charge in [-0.1, -0.05) is 29.8 Å². The Morgan fingerprint density at radius 3 is 2.61 bits per heavy atom. The highest BCUT2D eigenvalue weighted by Crippen LogP contribution is 2.17. The molecule has 0 spiro atoms. The Bertz CT molecular complexity index is 583. The summed E-state index contributed by atoms with van der Waals surface area (Å²) in [5.74, 6) is -1.52. The lowest BCUT2D eigenvalue weighted by Crippen LogP contribution is -2.45. The number of carbonyl (C=O) groups excluding carboxylic acids is 2. The number of nitrogens with zero attached hydrogens (tertiary/aromatic N) is 1. The normalized spacial score (nSPS) is 17.1. The van der Waals surface area contributed by atoms with Crippen molar-refractivity contribution in [3.8, 4) is 0 Å². The number of carboxylic acid groups (broad SMARTS) is 1. The molecule has 1 aliphatic heterocycles. The fourth-order valence-electron chi connectivity index (χ4n) is 2.70. The summed E-state index contributed by atoms with van der Waals surface area (Å²) in [7, 11) is 0. The molecule has 0 unspecified atom stereocenters. The van der Waals surface area contributed by atoms with Crippen molar-refractivity contribution in [2.45, 2.75) is 38.6 Å². The first-order valence-corrected chi connectivity index (χ1v) is 7.82. The Balaban J connectivity index is 1.74. The van der Waals surface area contributed by atoms with Gasteiger partial charge in [-0.3, -0.25) is 9.59 Å².